The summed E-state index contributed by atoms with van der Waals surface area (Å²) < 4.78 is 22.1. The molecule has 53 heavy (non-hydrogen) atoms. The normalized spacial score (nSPS) is 21.2. The summed E-state index contributed by atoms with van der Waals surface area (Å²) in [7, 11) is 0. The van der Waals surface area contributed by atoms with Crippen molar-refractivity contribution in [2.24, 2.45) is 0 Å². The van der Waals surface area contributed by atoms with Gasteiger partial charge in [0.2, 0.25) is 0 Å². The molecule has 10 heteroatoms. The Hall–Kier alpha value is -2.08. The lowest BCUT2D eigenvalue weighted by molar-refractivity contribution is -0.305. The molecular weight excluding hydrogens is 676 g/mol. The van der Waals surface area contributed by atoms with Crippen LogP contribution in [0.4, 0.5) is 0 Å². The molecule has 0 unspecified atom stereocenters. The van der Waals surface area contributed by atoms with Gasteiger partial charge in [-0.1, -0.05) is 121 Å². The van der Waals surface area contributed by atoms with Crippen molar-refractivity contribution in [2.75, 3.05) is 19.8 Å². The number of rotatable bonds is 34. The van der Waals surface area contributed by atoms with Crippen molar-refractivity contribution in [1.29, 1.82) is 0 Å². The third-order valence-corrected chi connectivity index (χ3v) is 9.50. The molecule has 0 aromatic carbocycles. The summed E-state index contributed by atoms with van der Waals surface area (Å²) in [5, 5.41) is 40.0. The van der Waals surface area contributed by atoms with Crippen LogP contribution in [-0.4, -0.2) is 89.0 Å². The first kappa shape index (κ1) is 48.9. The van der Waals surface area contributed by atoms with Crippen LogP contribution in [0.25, 0.3) is 0 Å². The minimum atomic E-state index is -1.60. The maximum absolute atomic E-state index is 12.7. The van der Waals surface area contributed by atoms with E-state index in [9.17, 15) is 30.0 Å². The molecule has 0 amide bonds. The van der Waals surface area contributed by atoms with Gasteiger partial charge in [-0.2, -0.15) is 0 Å². The zero-order chi connectivity index (χ0) is 38.8. The maximum atomic E-state index is 12.7. The Kier molecular flexibility index (Phi) is 31.8. The van der Waals surface area contributed by atoms with Crippen LogP contribution < -0.4 is 0 Å². The van der Waals surface area contributed by atoms with Gasteiger partial charge in [-0.3, -0.25) is 9.59 Å². The maximum Gasteiger partial charge on any atom is 0.306 e. The Balaban J connectivity index is 2.38. The van der Waals surface area contributed by atoms with Crippen molar-refractivity contribution in [1.82, 2.24) is 0 Å². The lowest BCUT2D eigenvalue weighted by atomic mass is 9.99. The summed E-state index contributed by atoms with van der Waals surface area (Å²) in [6.45, 7) is 3.34. The van der Waals surface area contributed by atoms with Crippen LogP contribution in [0.1, 0.15) is 168 Å². The highest BCUT2D eigenvalue weighted by atomic mass is 16.7. The van der Waals surface area contributed by atoms with Crippen LogP contribution in [0, 0.1) is 0 Å². The second-order valence-electron chi connectivity index (χ2n) is 14.4. The minimum absolute atomic E-state index is 0.216. The number of hydrogen-bond donors (Lipinski definition) is 4. The van der Waals surface area contributed by atoms with Crippen LogP contribution in [0.3, 0.4) is 0 Å². The predicted molar refractivity (Wildman–Crippen MR) is 210 cm³/mol. The topological polar surface area (TPSA) is 152 Å². The quantitative estimate of drug-likeness (QED) is 0.0287. The molecule has 1 saturated heterocycles. The van der Waals surface area contributed by atoms with Gasteiger partial charge < -0.3 is 39.4 Å². The summed E-state index contributed by atoms with van der Waals surface area (Å²) in [4.78, 5) is 25.2. The number of allylic oxidation sites excluding steroid dienone is 6. The molecule has 1 aliphatic rings. The van der Waals surface area contributed by atoms with E-state index in [4.69, 9.17) is 18.9 Å². The molecule has 6 atom stereocenters. The number of hydrogen-bond acceptors (Lipinski definition) is 10. The van der Waals surface area contributed by atoms with E-state index in [1.165, 1.54) is 51.4 Å². The second-order valence-corrected chi connectivity index (χ2v) is 14.4. The first-order chi connectivity index (χ1) is 25.8. The van der Waals surface area contributed by atoms with E-state index in [0.717, 1.165) is 77.0 Å². The molecule has 0 bridgehead atoms. The van der Waals surface area contributed by atoms with Gasteiger partial charge in [0.15, 0.2) is 12.4 Å². The fraction of sp³-hybridized carbons (Fsp3) is 0.814. The first-order valence-corrected chi connectivity index (χ1v) is 21.1. The summed E-state index contributed by atoms with van der Waals surface area (Å²) in [6.07, 6.45) is 30.0. The lowest BCUT2D eigenvalue weighted by Crippen LogP contribution is -2.59. The summed E-state index contributed by atoms with van der Waals surface area (Å²) in [6, 6.07) is 0. The number of aliphatic hydroxyl groups excluding tert-OH is 4. The molecule has 308 valence electrons. The number of aliphatic hydroxyl groups is 4. The van der Waals surface area contributed by atoms with Crippen molar-refractivity contribution in [2.45, 2.75) is 205 Å². The summed E-state index contributed by atoms with van der Waals surface area (Å²) in [5.74, 6) is -0.834. The average molecular weight is 753 g/mol. The van der Waals surface area contributed by atoms with E-state index in [1.54, 1.807) is 0 Å². The molecule has 0 aliphatic carbocycles. The van der Waals surface area contributed by atoms with E-state index in [-0.39, 0.29) is 26.1 Å². The molecule has 1 aliphatic heterocycles. The molecule has 4 N–H and O–H groups in total. The molecule has 0 saturated carbocycles. The van der Waals surface area contributed by atoms with Gasteiger partial charge in [0, 0.05) is 12.8 Å². The van der Waals surface area contributed by atoms with E-state index < -0.39 is 55.4 Å². The van der Waals surface area contributed by atoms with Gasteiger partial charge in [0.05, 0.1) is 13.2 Å². The van der Waals surface area contributed by atoms with Crippen molar-refractivity contribution < 1.29 is 49.0 Å². The Bertz CT molecular complexity index is 965. The van der Waals surface area contributed by atoms with Crippen molar-refractivity contribution in [3.63, 3.8) is 0 Å². The minimum Gasteiger partial charge on any atom is -0.462 e. The van der Waals surface area contributed by atoms with Gasteiger partial charge in [0.25, 0.3) is 0 Å². The third-order valence-electron chi connectivity index (χ3n) is 9.50. The third kappa shape index (κ3) is 26.4. The van der Waals surface area contributed by atoms with E-state index in [2.05, 4.69) is 50.3 Å². The highest BCUT2D eigenvalue weighted by molar-refractivity contribution is 5.70. The van der Waals surface area contributed by atoms with Crippen LogP contribution in [0.2, 0.25) is 0 Å². The Morgan fingerprint density at radius 1 is 0.585 bits per heavy atom. The number of ether oxygens (including phenoxy) is 4. The van der Waals surface area contributed by atoms with Crippen LogP contribution in [0.5, 0.6) is 0 Å². The molecular formula is C43H76O10. The smallest absolute Gasteiger partial charge is 0.306 e. The molecule has 1 fully saturated rings. The highest BCUT2D eigenvalue weighted by Crippen LogP contribution is 2.22. The second kappa shape index (κ2) is 34.4. The van der Waals surface area contributed by atoms with Crippen molar-refractivity contribution in [3.8, 4) is 0 Å². The Morgan fingerprint density at radius 3 is 1.62 bits per heavy atom. The van der Waals surface area contributed by atoms with Crippen LogP contribution >= 0.6 is 0 Å². The zero-order valence-corrected chi connectivity index (χ0v) is 33.3. The summed E-state index contributed by atoms with van der Waals surface area (Å²) in [5.41, 5.74) is 0. The van der Waals surface area contributed by atoms with Gasteiger partial charge in [-0.05, 0) is 70.6 Å². The Labute approximate surface area is 321 Å². The number of carbonyl (C=O) groups is 2. The SMILES string of the molecule is CCCCC/C=C\C/C=C\CCCCCCCC(=O)OC[C@H](CO[C@@H]1O[C@H](CO)[C@H](O)[C@H](O)[C@H]1O)OC(=O)CCCCCCC/C=C/CCCCCC. The number of unbranched alkanes of at least 4 members (excludes halogenated alkanes) is 17. The van der Waals surface area contributed by atoms with Crippen LogP contribution in [0.15, 0.2) is 36.5 Å². The van der Waals surface area contributed by atoms with E-state index in [0.29, 0.717) is 12.8 Å². The van der Waals surface area contributed by atoms with E-state index in [1.807, 2.05) is 0 Å². The van der Waals surface area contributed by atoms with Gasteiger partial charge in [-0.15, -0.1) is 0 Å². The largest absolute Gasteiger partial charge is 0.462 e. The number of carbonyl (C=O) groups excluding carboxylic acids is 2. The number of esters is 2. The molecule has 0 radical (unpaired) electrons. The average Bonchev–Trinajstić information content (AvgIpc) is 3.15. The fourth-order valence-corrected chi connectivity index (χ4v) is 6.09. The van der Waals surface area contributed by atoms with Crippen molar-refractivity contribution >= 4 is 11.9 Å². The van der Waals surface area contributed by atoms with Crippen LogP contribution in [-0.2, 0) is 28.5 Å². The van der Waals surface area contributed by atoms with Gasteiger partial charge >= 0.3 is 11.9 Å². The molecule has 1 rings (SSSR count). The lowest BCUT2D eigenvalue weighted by Gasteiger charge is -2.39. The predicted octanol–water partition coefficient (Wildman–Crippen LogP) is 8.33. The summed E-state index contributed by atoms with van der Waals surface area (Å²) >= 11 is 0. The van der Waals surface area contributed by atoms with E-state index >= 15 is 0 Å². The zero-order valence-electron chi connectivity index (χ0n) is 33.3. The van der Waals surface area contributed by atoms with Gasteiger partial charge in [-0.25, -0.2) is 0 Å². The van der Waals surface area contributed by atoms with Crippen molar-refractivity contribution in [3.05, 3.63) is 36.5 Å². The molecule has 0 aromatic heterocycles. The monoisotopic (exact) mass is 753 g/mol. The van der Waals surface area contributed by atoms with Gasteiger partial charge in [0.1, 0.15) is 31.0 Å². The fourth-order valence-electron chi connectivity index (χ4n) is 6.09. The highest BCUT2D eigenvalue weighted by Gasteiger charge is 2.44. The molecule has 0 aromatic rings. The standard InChI is InChI=1S/C43H76O10/c1-3-5-7-9-11-13-15-17-18-20-21-23-25-27-29-31-38(45)50-34-36(35-51-43-42(49)41(48)40(47)37(33-44)53-43)52-39(46)32-30-28-26-24-22-19-16-14-12-10-8-6-4-2/h11,13-14,16-18,36-37,40-44,47-49H,3-10,12,15,19-35H2,1-2H3/b13-11-,16-14+,18-17-/t36-,37-,40+,41+,42-,43-/m1/s1. The molecule has 10 nitrogen and oxygen atoms in total. The Morgan fingerprint density at radius 2 is 1.06 bits per heavy atom. The molecule has 1 heterocycles. The first-order valence-electron chi connectivity index (χ1n) is 21.1. The molecule has 0 spiro atoms.